The zero-order chi connectivity index (χ0) is 14.0. The van der Waals surface area contributed by atoms with E-state index in [4.69, 9.17) is 23.2 Å². The predicted molar refractivity (Wildman–Crippen MR) is 71.8 cm³/mol. The van der Waals surface area contributed by atoms with Gasteiger partial charge >= 0.3 is 0 Å². The summed E-state index contributed by atoms with van der Waals surface area (Å²) in [6.45, 7) is 0.106. The minimum absolute atomic E-state index is 0.0237. The van der Waals surface area contributed by atoms with Crippen molar-refractivity contribution in [3.05, 3.63) is 57.6 Å². The SMILES string of the molecule is Oc1ccc(Cl)cc1CNc1c(F)cc(F)cc1Cl. The van der Waals surface area contributed by atoms with Gasteiger partial charge in [-0.3, -0.25) is 0 Å². The van der Waals surface area contributed by atoms with E-state index < -0.39 is 11.6 Å². The fourth-order valence-electron chi connectivity index (χ4n) is 1.59. The molecule has 2 N–H and O–H groups in total. The highest BCUT2D eigenvalue weighted by atomic mass is 35.5. The predicted octanol–water partition coefficient (Wildman–Crippen LogP) is 4.59. The molecule has 19 heavy (non-hydrogen) atoms. The number of anilines is 1. The number of rotatable bonds is 3. The molecule has 6 heteroatoms. The number of phenolic OH excluding ortho intramolecular Hbond substituents is 1. The van der Waals surface area contributed by atoms with Crippen LogP contribution in [0.5, 0.6) is 5.75 Å². The zero-order valence-corrected chi connectivity index (χ0v) is 11.1. The van der Waals surface area contributed by atoms with Gasteiger partial charge in [0.2, 0.25) is 0 Å². The van der Waals surface area contributed by atoms with Crippen LogP contribution >= 0.6 is 23.2 Å². The molecule has 0 spiro atoms. The maximum atomic E-state index is 13.5. The van der Waals surface area contributed by atoms with Gasteiger partial charge in [-0.05, 0) is 24.3 Å². The van der Waals surface area contributed by atoms with E-state index in [2.05, 4.69) is 5.32 Å². The lowest BCUT2D eigenvalue weighted by Gasteiger charge is -2.11. The van der Waals surface area contributed by atoms with Crippen LogP contribution in [-0.4, -0.2) is 5.11 Å². The zero-order valence-electron chi connectivity index (χ0n) is 9.55. The Morgan fingerprint density at radius 3 is 2.53 bits per heavy atom. The van der Waals surface area contributed by atoms with E-state index in [0.717, 1.165) is 12.1 Å². The van der Waals surface area contributed by atoms with Crippen LogP contribution in [-0.2, 0) is 6.54 Å². The molecule has 0 bridgehead atoms. The summed E-state index contributed by atoms with van der Waals surface area (Å²) in [6, 6.07) is 6.24. The molecule has 0 aliphatic rings. The van der Waals surface area contributed by atoms with Gasteiger partial charge in [-0.25, -0.2) is 8.78 Å². The summed E-state index contributed by atoms with van der Waals surface area (Å²) in [5.74, 6) is -1.53. The van der Waals surface area contributed by atoms with Gasteiger partial charge in [-0.2, -0.15) is 0 Å². The average molecular weight is 304 g/mol. The maximum Gasteiger partial charge on any atom is 0.150 e. The molecular weight excluding hydrogens is 295 g/mol. The third-order valence-electron chi connectivity index (χ3n) is 2.50. The molecule has 0 aliphatic carbocycles. The van der Waals surface area contributed by atoms with Crippen LogP contribution in [0.1, 0.15) is 5.56 Å². The van der Waals surface area contributed by atoms with Crippen molar-refractivity contribution in [1.82, 2.24) is 0 Å². The van der Waals surface area contributed by atoms with Crippen molar-refractivity contribution in [2.75, 3.05) is 5.32 Å². The Hall–Kier alpha value is -1.52. The fraction of sp³-hybridized carbons (Fsp3) is 0.0769. The molecule has 0 fully saturated rings. The van der Waals surface area contributed by atoms with E-state index in [1.165, 1.54) is 12.1 Å². The number of benzene rings is 2. The van der Waals surface area contributed by atoms with Crippen LogP contribution in [0.3, 0.4) is 0 Å². The van der Waals surface area contributed by atoms with E-state index in [0.29, 0.717) is 10.6 Å². The topological polar surface area (TPSA) is 32.3 Å². The highest BCUT2D eigenvalue weighted by Gasteiger charge is 2.10. The minimum atomic E-state index is -0.800. The molecule has 100 valence electrons. The van der Waals surface area contributed by atoms with Gasteiger partial charge < -0.3 is 10.4 Å². The van der Waals surface area contributed by atoms with Crippen LogP contribution in [0.15, 0.2) is 30.3 Å². The third kappa shape index (κ3) is 3.28. The summed E-state index contributed by atoms with van der Waals surface area (Å²) in [7, 11) is 0. The quantitative estimate of drug-likeness (QED) is 0.869. The monoisotopic (exact) mass is 303 g/mol. The highest BCUT2D eigenvalue weighted by molar-refractivity contribution is 6.33. The Bertz CT molecular complexity index is 597. The molecule has 0 aliphatic heterocycles. The molecule has 2 aromatic carbocycles. The van der Waals surface area contributed by atoms with Crippen molar-refractivity contribution in [3.63, 3.8) is 0 Å². The van der Waals surface area contributed by atoms with E-state index in [1.807, 2.05) is 0 Å². The minimum Gasteiger partial charge on any atom is -0.508 e. The van der Waals surface area contributed by atoms with Crippen molar-refractivity contribution in [3.8, 4) is 5.75 Å². The van der Waals surface area contributed by atoms with Crippen LogP contribution in [0, 0.1) is 11.6 Å². The first-order chi connectivity index (χ1) is 8.97. The number of halogens is 4. The first-order valence-corrected chi connectivity index (χ1v) is 6.09. The standard InChI is InChI=1S/C13H9Cl2F2NO/c14-8-1-2-12(19)7(3-8)6-18-13-10(15)4-9(16)5-11(13)17/h1-5,18-19H,6H2. The first-order valence-electron chi connectivity index (χ1n) is 5.33. The van der Waals surface area contributed by atoms with Crippen LogP contribution in [0.25, 0.3) is 0 Å². The summed E-state index contributed by atoms with van der Waals surface area (Å²) in [6.07, 6.45) is 0. The summed E-state index contributed by atoms with van der Waals surface area (Å²) in [4.78, 5) is 0. The number of hydrogen-bond acceptors (Lipinski definition) is 2. The molecule has 0 saturated carbocycles. The number of aromatic hydroxyl groups is 1. The largest absolute Gasteiger partial charge is 0.508 e. The molecular formula is C13H9Cl2F2NO. The van der Waals surface area contributed by atoms with Gasteiger partial charge in [0.15, 0.2) is 5.82 Å². The van der Waals surface area contributed by atoms with Crippen molar-refractivity contribution in [2.45, 2.75) is 6.54 Å². The Morgan fingerprint density at radius 1 is 1.11 bits per heavy atom. The van der Waals surface area contributed by atoms with Gasteiger partial charge in [0.25, 0.3) is 0 Å². The molecule has 0 unspecified atom stereocenters. The lowest BCUT2D eigenvalue weighted by atomic mass is 10.2. The van der Waals surface area contributed by atoms with E-state index in [9.17, 15) is 13.9 Å². The maximum absolute atomic E-state index is 13.5. The average Bonchev–Trinajstić information content (AvgIpc) is 2.32. The number of hydrogen-bond donors (Lipinski definition) is 2. The van der Waals surface area contributed by atoms with Crippen molar-refractivity contribution in [1.29, 1.82) is 0 Å². The molecule has 0 amide bonds. The fourth-order valence-corrected chi connectivity index (χ4v) is 2.05. The highest BCUT2D eigenvalue weighted by Crippen LogP contribution is 2.28. The van der Waals surface area contributed by atoms with Gasteiger partial charge in [0.1, 0.15) is 11.6 Å². The van der Waals surface area contributed by atoms with Gasteiger partial charge in [-0.1, -0.05) is 23.2 Å². The van der Waals surface area contributed by atoms with E-state index in [-0.39, 0.29) is 23.0 Å². The second-order valence-electron chi connectivity index (χ2n) is 3.87. The van der Waals surface area contributed by atoms with E-state index >= 15 is 0 Å². The summed E-state index contributed by atoms with van der Waals surface area (Å²) < 4.78 is 26.4. The molecule has 0 heterocycles. The molecule has 0 radical (unpaired) electrons. The van der Waals surface area contributed by atoms with Crippen LogP contribution < -0.4 is 5.32 Å². The molecule has 2 rings (SSSR count). The Kier molecular flexibility index (Phi) is 4.12. The second kappa shape index (κ2) is 5.63. The van der Waals surface area contributed by atoms with Crippen molar-refractivity contribution >= 4 is 28.9 Å². The first kappa shape index (κ1) is 13.9. The lowest BCUT2D eigenvalue weighted by molar-refractivity contribution is 0.469. The Morgan fingerprint density at radius 2 is 1.84 bits per heavy atom. The summed E-state index contributed by atoms with van der Waals surface area (Å²) in [5, 5.41) is 12.7. The van der Waals surface area contributed by atoms with Crippen molar-refractivity contribution in [2.24, 2.45) is 0 Å². The molecule has 0 saturated heterocycles. The molecule has 2 nitrogen and oxygen atoms in total. The van der Waals surface area contributed by atoms with Gasteiger partial charge in [-0.15, -0.1) is 0 Å². The lowest BCUT2D eigenvalue weighted by Crippen LogP contribution is -2.03. The molecule has 0 aromatic heterocycles. The van der Waals surface area contributed by atoms with Crippen LogP contribution in [0.4, 0.5) is 14.5 Å². The Labute approximate surface area is 118 Å². The summed E-state index contributed by atoms with van der Waals surface area (Å²) >= 11 is 11.5. The Balaban J connectivity index is 2.21. The molecule has 0 atom stereocenters. The smallest absolute Gasteiger partial charge is 0.150 e. The van der Waals surface area contributed by atoms with Gasteiger partial charge in [0, 0.05) is 23.2 Å². The third-order valence-corrected chi connectivity index (χ3v) is 3.04. The van der Waals surface area contributed by atoms with Gasteiger partial charge in [0.05, 0.1) is 10.7 Å². The normalized spacial score (nSPS) is 10.5. The second-order valence-corrected chi connectivity index (χ2v) is 4.71. The van der Waals surface area contributed by atoms with E-state index in [1.54, 1.807) is 6.07 Å². The number of phenols is 1. The molecule has 2 aromatic rings. The number of nitrogens with one attached hydrogen (secondary N) is 1. The van der Waals surface area contributed by atoms with Crippen molar-refractivity contribution < 1.29 is 13.9 Å². The summed E-state index contributed by atoms with van der Waals surface area (Å²) in [5.41, 5.74) is 0.453. The van der Waals surface area contributed by atoms with Crippen LogP contribution in [0.2, 0.25) is 10.0 Å².